The van der Waals surface area contributed by atoms with Crippen LogP contribution in [-0.4, -0.2) is 12.1 Å². The molecule has 0 bridgehead atoms. The third kappa shape index (κ3) is 2.58. The molecule has 20 heavy (non-hydrogen) atoms. The van der Waals surface area contributed by atoms with E-state index in [2.05, 4.69) is 10.3 Å². The maximum absolute atomic E-state index is 13.9. The van der Waals surface area contributed by atoms with Gasteiger partial charge in [0.05, 0.1) is 28.5 Å². The Kier molecular flexibility index (Phi) is 3.52. The average Bonchev–Trinajstić information content (AvgIpc) is 2.92. The second-order valence-electron chi connectivity index (χ2n) is 4.35. The summed E-state index contributed by atoms with van der Waals surface area (Å²) in [4.78, 5) is 4.09. The number of methoxy groups -OCH3 is 1. The van der Waals surface area contributed by atoms with E-state index < -0.39 is 0 Å². The molecule has 0 saturated carbocycles. The molecule has 3 nitrogen and oxygen atoms in total. The standard InChI is InChI=1S/C15H13FN2OS/c1-19-11-4-2-10(3-5-11)8-17-13-7-15-14(6-12(13)16)18-9-20-15/h2-7,9,17H,8H2,1H3. The molecule has 2 aromatic carbocycles. The number of ether oxygens (including phenoxy) is 1. The Hall–Kier alpha value is -2.14. The zero-order valence-electron chi connectivity index (χ0n) is 10.9. The van der Waals surface area contributed by atoms with Crippen LogP contribution in [-0.2, 0) is 6.54 Å². The van der Waals surface area contributed by atoms with E-state index in [1.165, 1.54) is 17.4 Å². The van der Waals surface area contributed by atoms with Crippen LogP contribution in [0.15, 0.2) is 41.9 Å². The van der Waals surface area contributed by atoms with Crippen molar-refractivity contribution in [3.8, 4) is 5.75 Å². The fourth-order valence-electron chi connectivity index (χ4n) is 1.95. The number of hydrogen-bond acceptors (Lipinski definition) is 4. The summed E-state index contributed by atoms with van der Waals surface area (Å²) < 4.78 is 20.0. The topological polar surface area (TPSA) is 34.1 Å². The summed E-state index contributed by atoms with van der Waals surface area (Å²) in [7, 11) is 1.63. The van der Waals surface area contributed by atoms with E-state index in [-0.39, 0.29) is 5.82 Å². The molecule has 0 aliphatic carbocycles. The van der Waals surface area contributed by atoms with Crippen molar-refractivity contribution in [3.63, 3.8) is 0 Å². The number of fused-ring (bicyclic) bond motifs is 1. The van der Waals surface area contributed by atoms with Crippen LogP contribution in [0.2, 0.25) is 0 Å². The molecule has 0 aliphatic heterocycles. The quantitative estimate of drug-likeness (QED) is 0.786. The molecule has 1 aromatic heterocycles. The second-order valence-corrected chi connectivity index (χ2v) is 5.24. The molecule has 0 saturated heterocycles. The summed E-state index contributed by atoms with van der Waals surface area (Å²) in [5.74, 6) is 0.530. The number of halogens is 1. The molecular formula is C15H13FN2OS. The van der Waals surface area contributed by atoms with Gasteiger partial charge in [-0.1, -0.05) is 12.1 Å². The molecule has 102 valence electrons. The van der Waals surface area contributed by atoms with E-state index in [0.29, 0.717) is 17.7 Å². The van der Waals surface area contributed by atoms with Gasteiger partial charge in [0, 0.05) is 12.6 Å². The highest BCUT2D eigenvalue weighted by Gasteiger charge is 2.06. The van der Waals surface area contributed by atoms with Crippen molar-refractivity contribution < 1.29 is 9.13 Å². The molecule has 3 aromatic rings. The van der Waals surface area contributed by atoms with Crippen molar-refractivity contribution in [2.24, 2.45) is 0 Å². The SMILES string of the molecule is COc1ccc(CNc2cc3scnc3cc2F)cc1. The minimum absolute atomic E-state index is 0.281. The molecule has 1 N–H and O–H groups in total. The Morgan fingerprint density at radius 1 is 1.25 bits per heavy atom. The summed E-state index contributed by atoms with van der Waals surface area (Å²) in [6.07, 6.45) is 0. The number of benzene rings is 2. The number of nitrogens with one attached hydrogen (secondary N) is 1. The summed E-state index contributed by atoms with van der Waals surface area (Å²) in [6.45, 7) is 0.561. The van der Waals surface area contributed by atoms with Gasteiger partial charge >= 0.3 is 0 Å². The van der Waals surface area contributed by atoms with Crippen LogP contribution in [0, 0.1) is 5.82 Å². The van der Waals surface area contributed by atoms with Gasteiger partial charge in [0.25, 0.3) is 0 Å². The zero-order valence-corrected chi connectivity index (χ0v) is 11.7. The average molecular weight is 288 g/mol. The molecular weight excluding hydrogens is 275 g/mol. The predicted octanol–water partition coefficient (Wildman–Crippen LogP) is 4.06. The first-order chi connectivity index (χ1) is 9.76. The maximum Gasteiger partial charge on any atom is 0.148 e. The Labute approximate surface area is 120 Å². The number of hydrogen-bond donors (Lipinski definition) is 1. The Bertz CT molecular complexity index is 724. The van der Waals surface area contributed by atoms with Crippen LogP contribution in [0.3, 0.4) is 0 Å². The second kappa shape index (κ2) is 5.46. The third-order valence-corrected chi connectivity index (χ3v) is 3.85. The van der Waals surface area contributed by atoms with Gasteiger partial charge in [0.2, 0.25) is 0 Å². The Balaban J connectivity index is 1.76. The molecule has 0 unspecified atom stereocenters. The van der Waals surface area contributed by atoms with E-state index in [0.717, 1.165) is 16.0 Å². The molecule has 3 rings (SSSR count). The lowest BCUT2D eigenvalue weighted by Gasteiger charge is -2.08. The summed E-state index contributed by atoms with van der Waals surface area (Å²) in [5, 5.41) is 3.11. The third-order valence-electron chi connectivity index (χ3n) is 3.06. The summed E-state index contributed by atoms with van der Waals surface area (Å²) in [5.41, 5.74) is 3.98. The minimum atomic E-state index is -0.281. The van der Waals surface area contributed by atoms with Gasteiger partial charge in [-0.05, 0) is 23.8 Å². The normalized spacial score (nSPS) is 10.7. The summed E-state index contributed by atoms with van der Waals surface area (Å²) >= 11 is 1.50. The number of rotatable bonds is 4. The van der Waals surface area contributed by atoms with Gasteiger partial charge in [-0.25, -0.2) is 9.37 Å². The highest BCUT2D eigenvalue weighted by Crippen LogP contribution is 2.25. The first kappa shape index (κ1) is 12.9. The van der Waals surface area contributed by atoms with Gasteiger partial charge in [0.15, 0.2) is 0 Å². The number of aromatic nitrogens is 1. The Morgan fingerprint density at radius 3 is 2.80 bits per heavy atom. The van der Waals surface area contributed by atoms with Crippen molar-refractivity contribution in [3.05, 3.63) is 53.3 Å². The van der Waals surface area contributed by atoms with E-state index in [9.17, 15) is 4.39 Å². The van der Waals surface area contributed by atoms with Crippen molar-refractivity contribution in [1.82, 2.24) is 4.98 Å². The smallest absolute Gasteiger partial charge is 0.148 e. The maximum atomic E-state index is 13.9. The first-order valence-electron chi connectivity index (χ1n) is 6.16. The van der Waals surface area contributed by atoms with Gasteiger partial charge < -0.3 is 10.1 Å². The van der Waals surface area contributed by atoms with Crippen LogP contribution >= 0.6 is 11.3 Å². The van der Waals surface area contributed by atoms with Crippen LogP contribution < -0.4 is 10.1 Å². The molecule has 1 heterocycles. The van der Waals surface area contributed by atoms with E-state index in [1.807, 2.05) is 24.3 Å². The number of anilines is 1. The lowest BCUT2D eigenvalue weighted by Crippen LogP contribution is -2.01. The van der Waals surface area contributed by atoms with Crippen LogP contribution in [0.1, 0.15) is 5.56 Å². The fourth-order valence-corrected chi connectivity index (χ4v) is 2.65. The monoisotopic (exact) mass is 288 g/mol. The predicted molar refractivity (Wildman–Crippen MR) is 79.9 cm³/mol. The first-order valence-corrected chi connectivity index (χ1v) is 7.04. The summed E-state index contributed by atoms with van der Waals surface area (Å²) in [6, 6.07) is 10.9. The molecule has 0 radical (unpaired) electrons. The number of nitrogens with zero attached hydrogens (tertiary/aromatic N) is 1. The zero-order chi connectivity index (χ0) is 13.9. The Morgan fingerprint density at radius 2 is 2.05 bits per heavy atom. The van der Waals surface area contributed by atoms with E-state index in [4.69, 9.17) is 4.74 Å². The molecule has 0 spiro atoms. The molecule has 0 atom stereocenters. The van der Waals surface area contributed by atoms with Crippen molar-refractivity contribution >= 4 is 27.2 Å². The van der Waals surface area contributed by atoms with Gasteiger partial charge in [-0.15, -0.1) is 11.3 Å². The van der Waals surface area contributed by atoms with Crippen molar-refractivity contribution in [1.29, 1.82) is 0 Å². The molecule has 0 aliphatic rings. The highest BCUT2D eigenvalue weighted by molar-refractivity contribution is 7.16. The lowest BCUT2D eigenvalue weighted by atomic mass is 10.2. The molecule has 5 heteroatoms. The highest BCUT2D eigenvalue weighted by atomic mass is 32.1. The van der Waals surface area contributed by atoms with E-state index in [1.54, 1.807) is 18.7 Å². The van der Waals surface area contributed by atoms with Crippen LogP contribution in [0.25, 0.3) is 10.2 Å². The van der Waals surface area contributed by atoms with E-state index >= 15 is 0 Å². The van der Waals surface area contributed by atoms with Crippen LogP contribution in [0.4, 0.5) is 10.1 Å². The molecule has 0 fully saturated rings. The van der Waals surface area contributed by atoms with Crippen molar-refractivity contribution in [2.75, 3.05) is 12.4 Å². The lowest BCUT2D eigenvalue weighted by molar-refractivity contribution is 0.414. The minimum Gasteiger partial charge on any atom is -0.497 e. The van der Waals surface area contributed by atoms with Gasteiger partial charge in [0.1, 0.15) is 11.6 Å². The van der Waals surface area contributed by atoms with Gasteiger partial charge in [-0.3, -0.25) is 0 Å². The number of thiazole rings is 1. The molecule has 0 amide bonds. The van der Waals surface area contributed by atoms with Crippen LogP contribution in [0.5, 0.6) is 5.75 Å². The van der Waals surface area contributed by atoms with Gasteiger partial charge in [-0.2, -0.15) is 0 Å². The fraction of sp³-hybridized carbons (Fsp3) is 0.133. The largest absolute Gasteiger partial charge is 0.497 e. The van der Waals surface area contributed by atoms with Crippen molar-refractivity contribution in [2.45, 2.75) is 6.54 Å².